The number of rotatable bonds is 5. The molecular weight excluding hydrogens is 276 g/mol. The van der Waals surface area contributed by atoms with Crippen LogP contribution in [0, 0.1) is 0 Å². The van der Waals surface area contributed by atoms with Gasteiger partial charge in [-0.3, -0.25) is 14.6 Å². The lowest BCUT2D eigenvalue weighted by Gasteiger charge is -2.32. The Bertz CT molecular complexity index is 594. The van der Waals surface area contributed by atoms with E-state index in [1.807, 2.05) is 0 Å². The molecule has 21 heavy (non-hydrogen) atoms. The van der Waals surface area contributed by atoms with Gasteiger partial charge in [0.2, 0.25) is 5.91 Å². The molecule has 0 radical (unpaired) electrons. The van der Waals surface area contributed by atoms with Crippen LogP contribution in [0.5, 0.6) is 11.5 Å². The molecule has 0 saturated carbocycles. The van der Waals surface area contributed by atoms with Gasteiger partial charge in [0.15, 0.2) is 11.6 Å². The van der Waals surface area contributed by atoms with Crippen molar-refractivity contribution in [3.8, 4) is 11.5 Å². The van der Waals surface area contributed by atoms with Crippen LogP contribution in [0.3, 0.4) is 0 Å². The molecule has 0 aliphatic carbocycles. The van der Waals surface area contributed by atoms with Crippen molar-refractivity contribution >= 4 is 18.2 Å². The summed E-state index contributed by atoms with van der Waals surface area (Å²) < 4.78 is 10.5. The summed E-state index contributed by atoms with van der Waals surface area (Å²) in [5, 5.41) is 2.74. The Labute approximate surface area is 121 Å². The molecule has 1 aromatic carbocycles. The summed E-state index contributed by atoms with van der Waals surface area (Å²) in [4.78, 5) is 27.7. The molecular formula is C13H16N4O4. The molecule has 8 heteroatoms. The van der Waals surface area contributed by atoms with E-state index < -0.39 is 23.4 Å². The van der Waals surface area contributed by atoms with Crippen LogP contribution in [0.2, 0.25) is 0 Å². The van der Waals surface area contributed by atoms with Gasteiger partial charge in [0, 0.05) is 0 Å². The molecule has 0 saturated heterocycles. The monoisotopic (exact) mass is 292 g/mol. The molecule has 0 bridgehead atoms. The summed E-state index contributed by atoms with van der Waals surface area (Å²) in [7, 11) is 2.87. The van der Waals surface area contributed by atoms with Gasteiger partial charge in [0.1, 0.15) is 11.5 Å². The number of methoxy groups -OCH3 is 2. The van der Waals surface area contributed by atoms with Crippen LogP contribution in [-0.4, -0.2) is 38.4 Å². The van der Waals surface area contributed by atoms with Gasteiger partial charge in [0.25, 0.3) is 5.91 Å². The first-order valence-electron chi connectivity index (χ1n) is 6.09. The van der Waals surface area contributed by atoms with Gasteiger partial charge in [-0.2, -0.15) is 0 Å². The second kappa shape index (κ2) is 5.31. The molecule has 0 spiro atoms. The van der Waals surface area contributed by atoms with Gasteiger partial charge in [-0.25, -0.2) is 0 Å². The summed E-state index contributed by atoms with van der Waals surface area (Å²) >= 11 is 0. The smallest absolute Gasteiger partial charge is 0.250 e. The third kappa shape index (κ3) is 2.04. The SMILES string of the molecule is COc1cccc(OC)c1C1(C(N)=O)NC=NC1C(N)=O. The minimum Gasteiger partial charge on any atom is -0.496 e. The second-order valence-electron chi connectivity index (χ2n) is 4.44. The van der Waals surface area contributed by atoms with E-state index >= 15 is 0 Å². The Hall–Kier alpha value is -2.77. The van der Waals surface area contributed by atoms with Gasteiger partial charge in [-0.15, -0.1) is 0 Å². The summed E-state index contributed by atoms with van der Waals surface area (Å²) in [6, 6.07) is 3.74. The highest BCUT2D eigenvalue weighted by Crippen LogP contribution is 2.41. The van der Waals surface area contributed by atoms with Crippen molar-refractivity contribution in [2.24, 2.45) is 16.5 Å². The molecule has 2 atom stereocenters. The lowest BCUT2D eigenvalue weighted by Crippen LogP contribution is -2.59. The van der Waals surface area contributed by atoms with Crippen LogP contribution in [0.4, 0.5) is 0 Å². The number of hydrogen-bond donors (Lipinski definition) is 3. The van der Waals surface area contributed by atoms with Crippen molar-refractivity contribution in [2.45, 2.75) is 11.6 Å². The maximum absolute atomic E-state index is 12.1. The molecule has 2 unspecified atom stereocenters. The number of ether oxygens (including phenoxy) is 2. The number of hydrogen-bond acceptors (Lipinski definition) is 6. The Morgan fingerprint density at radius 3 is 2.24 bits per heavy atom. The van der Waals surface area contributed by atoms with E-state index in [-0.39, 0.29) is 5.56 Å². The van der Waals surface area contributed by atoms with Crippen LogP contribution in [-0.2, 0) is 15.1 Å². The summed E-state index contributed by atoms with van der Waals surface area (Å²) in [6.45, 7) is 0. The average molecular weight is 292 g/mol. The zero-order chi connectivity index (χ0) is 15.6. The zero-order valence-electron chi connectivity index (χ0n) is 11.6. The summed E-state index contributed by atoms with van der Waals surface area (Å²) in [6.07, 6.45) is 1.23. The maximum atomic E-state index is 12.1. The van der Waals surface area contributed by atoms with Crippen molar-refractivity contribution in [2.75, 3.05) is 14.2 Å². The standard InChI is InChI=1S/C13H16N4O4/c1-20-7-4-3-5-8(21-2)9(7)13(12(15)19)10(11(14)18)16-6-17-13/h3-6,10H,1-2H3,(H2,14,18)(H2,15,19)(H,16,17). The van der Waals surface area contributed by atoms with Crippen LogP contribution in [0.15, 0.2) is 23.2 Å². The highest BCUT2D eigenvalue weighted by atomic mass is 16.5. The largest absolute Gasteiger partial charge is 0.496 e. The number of amides is 2. The number of nitrogens with one attached hydrogen (secondary N) is 1. The highest BCUT2D eigenvalue weighted by Gasteiger charge is 2.54. The van der Waals surface area contributed by atoms with Crippen molar-refractivity contribution < 1.29 is 19.1 Å². The molecule has 1 heterocycles. The average Bonchev–Trinajstić information content (AvgIpc) is 2.92. The summed E-state index contributed by atoms with van der Waals surface area (Å²) in [5.74, 6) is -0.940. The fourth-order valence-electron chi connectivity index (χ4n) is 2.47. The first kappa shape index (κ1) is 14.6. The van der Waals surface area contributed by atoms with Crippen molar-refractivity contribution in [3.63, 3.8) is 0 Å². The van der Waals surface area contributed by atoms with Crippen molar-refractivity contribution in [1.29, 1.82) is 0 Å². The van der Waals surface area contributed by atoms with E-state index in [9.17, 15) is 9.59 Å². The van der Waals surface area contributed by atoms with Crippen molar-refractivity contribution in [1.82, 2.24) is 5.32 Å². The fraction of sp³-hybridized carbons (Fsp3) is 0.308. The van der Waals surface area contributed by atoms with Gasteiger partial charge in [-0.05, 0) is 12.1 Å². The predicted octanol–water partition coefficient (Wildman–Crippen LogP) is -1.13. The Balaban J connectivity index is 2.76. The second-order valence-corrected chi connectivity index (χ2v) is 4.44. The molecule has 1 aromatic rings. The number of benzene rings is 1. The van der Waals surface area contributed by atoms with E-state index in [0.717, 1.165) is 0 Å². The highest BCUT2D eigenvalue weighted by molar-refractivity contribution is 6.00. The molecule has 1 aliphatic heterocycles. The number of nitrogens with zero attached hydrogens (tertiary/aromatic N) is 1. The van der Waals surface area contributed by atoms with Crippen LogP contribution in [0.25, 0.3) is 0 Å². The Morgan fingerprint density at radius 1 is 1.24 bits per heavy atom. The van der Waals surface area contributed by atoms with Crippen LogP contribution >= 0.6 is 0 Å². The molecule has 0 fully saturated rings. The maximum Gasteiger partial charge on any atom is 0.250 e. The van der Waals surface area contributed by atoms with Crippen molar-refractivity contribution in [3.05, 3.63) is 23.8 Å². The lowest BCUT2D eigenvalue weighted by molar-refractivity contribution is -0.130. The zero-order valence-corrected chi connectivity index (χ0v) is 11.6. The fourth-order valence-corrected chi connectivity index (χ4v) is 2.47. The molecule has 112 valence electrons. The summed E-state index contributed by atoms with van der Waals surface area (Å²) in [5.41, 5.74) is 9.52. The quantitative estimate of drug-likeness (QED) is 0.632. The van der Waals surface area contributed by atoms with E-state index in [1.165, 1.54) is 20.6 Å². The number of aliphatic imine (C=N–C) groups is 1. The molecule has 2 amide bonds. The minimum absolute atomic E-state index is 0.281. The van der Waals surface area contributed by atoms with E-state index in [0.29, 0.717) is 11.5 Å². The Morgan fingerprint density at radius 2 is 1.81 bits per heavy atom. The van der Waals surface area contributed by atoms with Gasteiger partial charge in [-0.1, -0.05) is 6.07 Å². The molecule has 1 aliphatic rings. The lowest BCUT2D eigenvalue weighted by atomic mass is 9.81. The minimum atomic E-state index is -1.65. The van der Waals surface area contributed by atoms with E-state index in [1.54, 1.807) is 18.2 Å². The van der Waals surface area contributed by atoms with Gasteiger partial charge < -0.3 is 26.3 Å². The third-order valence-electron chi connectivity index (χ3n) is 3.41. The predicted molar refractivity (Wildman–Crippen MR) is 75.0 cm³/mol. The van der Waals surface area contributed by atoms with Crippen LogP contribution in [0.1, 0.15) is 5.56 Å². The molecule has 0 aromatic heterocycles. The first-order chi connectivity index (χ1) is 9.98. The van der Waals surface area contributed by atoms with Crippen LogP contribution < -0.4 is 26.3 Å². The van der Waals surface area contributed by atoms with Gasteiger partial charge in [0.05, 0.1) is 26.1 Å². The van der Waals surface area contributed by atoms with Gasteiger partial charge >= 0.3 is 0 Å². The number of nitrogens with two attached hydrogens (primary N) is 2. The first-order valence-corrected chi connectivity index (χ1v) is 6.09. The number of carbonyl (C=O) groups is 2. The molecule has 5 N–H and O–H groups in total. The normalized spacial score (nSPS) is 23.4. The molecule has 2 rings (SSSR count). The number of carbonyl (C=O) groups excluding carboxylic acids is 2. The van der Waals surface area contributed by atoms with E-state index in [2.05, 4.69) is 10.3 Å². The Kier molecular flexibility index (Phi) is 3.70. The molecule has 8 nitrogen and oxygen atoms in total. The van der Waals surface area contributed by atoms with E-state index in [4.69, 9.17) is 20.9 Å². The third-order valence-corrected chi connectivity index (χ3v) is 3.41. The number of primary amides is 2. The topological polar surface area (TPSA) is 129 Å².